The number of fused-ring (bicyclic) bond motifs is 1. The van der Waals surface area contributed by atoms with Crippen molar-refractivity contribution in [2.75, 3.05) is 26.1 Å². The SMILES string of the molecule is CCOC(=O)C1=C(C)Nc2ccccc2N=C1NC(=O)c1ccc(S(=O)(=O)N(C)OC)cc1. The Labute approximate surface area is 191 Å². The molecule has 0 spiro atoms. The molecule has 0 aliphatic carbocycles. The third-order valence-electron chi connectivity index (χ3n) is 4.79. The zero-order valence-corrected chi connectivity index (χ0v) is 19.4. The molecule has 2 N–H and O–H groups in total. The molecule has 0 bridgehead atoms. The van der Waals surface area contributed by atoms with Gasteiger partial charge in [0.1, 0.15) is 11.4 Å². The van der Waals surface area contributed by atoms with E-state index in [4.69, 9.17) is 9.57 Å². The number of allylic oxidation sites excluding steroid dienone is 1. The summed E-state index contributed by atoms with van der Waals surface area (Å²) in [6.07, 6.45) is 0. The number of hydrogen-bond acceptors (Lipinski definition) is 8. The van der Waals surface area contributed by atoms with Crippen molar-refractivity contribution in [2.45, 2.75) is 18.7 Å². The molecule has 1 amide bonds. The van der Waals surface area contributed by atoms with E-state index in [1.54, 1.807) is 32.0 Å². The maximum atomic E-state index is 12.9. The number of ether oxygens (including phenoxy) is 1. The van der Waals surface area contributed by atoms with E-state index in [0.717, 1.165) is 0 Å². The quantitative estimate of drug-likeness (QED) is 0.489. The second-order valence-electron chi connectivity index (χ2n) is 6.90. The fraction of sp³-hybridized carbons (Fsp3) is 0.227. The molecule has 3 rings (SSSR count). The van der Waals surface area contributed by atoms with E-state index in [1.165, 1.54) is 38.4 Å². The van der Waals surface area contributed by atoms with Crippen LogP contribution in [-0.2, 0) is 24.4 Å². The van der Waals surface area contributed by atoms with Crippen LogP contribution in [0.2, 0.25) is 0 Å². The summed E-state index contributed by atoms with van der Waals surface area (Å²) in [6, 6.07) is 12.4. The minimum absolute atomic E-state index is 0.0178. The number of carbonyl (C=O) groups excluding carboxylic acids is 2. The molecule has 0 fully saturated rings. The van der Waals surface area contributed by atoms with E-state index in [0.29, 0.717) is 21.5 Å². The standard InChI is InChI=1S/C22H24N4O6S/c1-5-32-22(28)19-14(2)23-17-8-6-7-9-18(17)24-20(19)25-21(27)15-10-12-16(13-11-15)33(29,30)26(3)31-4/h6-13,23H,5H2,1-4H3,(H,24,25,27). The Kier molecular flexibility index (Phi) is 7.26. The number of rotatable bonds is 6. The van der Waals surface area contributed by atoms with Gasteiger partial charge in [-0.05, 0) is 50.2 Å². The normalized spacial score (nSPS) is 13.5. The van der Waals surface area contributed by atoms with Gasteiger partial charge in [0.05, 0.1) is 30.0 Å². The predicted molar refractivity (Wildman–Crippen MR) is 122 cm³/mol. The van der Waals surface area contributed by atoms with E-state index in [9.17, 15) is 18.0 Å². The number of amides is 1. The molecule has 0 aromatic heterocycles. The summed E-state index contributed by atoms with van der Waals surface area (Å²) in [4.78, 5) is 34.8. The summed E-state index contributed by atoms with van der Waals surface area (Å²) in [5, 5.41) is 5.78. The second kappa shape index (κ2) is 9.94. The highest BCUT2D eigenvalue weighted by molar-refractivity contribution is 7.89. The number of amidine groups is 1. The van der Waals surface area contributed by atoms with Gasteiger partial charge >= 0.3 is 5.97 Å². The van der Waals surface area contributed by atoms with Crippen molar-refractivity contribution < 1.29 is 27.6 Å². The van der Waals surface area contributed by atoms with Gasteiger partial charge in [0.2, 0.25) is 0 Å². The zero-order valence-electron chi connectivity index (χ0n) is 18.6. The topological polar surface area (TPSA) is 126 Å². The van der Waals surface area contributed by atoms with Gasteiger partial charge in [-0.1, -0.05) is 16.6 Å². The molecule has 0 saturated carbocycles. The number of hydrogen-bond donors (Lipinski definition) is 2. The van der Waals surface area contributed by atoms with Crippen molar-refractivity contribution in [2.24, 2.45) is 4.99 Å². The third-order valence-corrected chi connectivity index (χ3v) is 6.49. The number of para-hydroxylation sites is 2. The predicted octanol–water partition coefficient (Wildman–Crippen LogP) is 2.59. The minimum Gasteiger partial charge on any atom is -0.462 e. The van der Waals surface area contributed by atoms with Crippen molar-refractivity contribution in [3.05, 3.63) is 65.4 Å². The number of sulfonamides is 1. The largest absolute Gasteiger partial charge is 0.462 e. The summed E-state index contributed by atoms with van der Waals surface area (Å²) < 4.78 is 30.6. The van der Waals surface area contributed by atoms with Crippen LogP contribution in [0.4, 0.5) is 11.4 Å². The lowest BCUT2D eigenvalue weighted by molar-refractivity contribution is -0.137. The average molecular weight is 473 g/mol. The highest BCUT2D eigenvalue weighted by Crippen LogP contribution is 2.30. The highest BCUT2D eigenvalue weighted by Gasteiger charge is 2.27. The number of hydroxylamine groups is 1. The van der Waals surface area contributed by atoms with Gasteiger partial charge in [-0.3, -0.25) is 9.63 Å². The Morgan fingerprint density at radius 1 is 1.12 bits per heavy atom. The molecule has 2 aromatic rings. The Morgan fingerprint density at radius 3 is 2.42 bits per heavy atom. The van der Waals surface area contributed by atoms with Crippen LogP contribution in [0.3, 0.4) is 0 Å². The first-order valence-electron chi connectivity index (χ1n) is 9.96. The van der Waals surface area contributed by atoms with Gasteiger partial charge in [-0.25, -0.2) is 18.2 Å². The van der Waals surface area contributed by atoms with E-state index < -0.39 is 21.9 Å². The fourth-order valence-corrected chi connectivity index (χ4v) is 4.02. The van der Waals surface area contributed by atoms with Crippen LogP contribution in [0, 0.1) is 0 Å². The summed E-state index contributed by atoms with van der Waals surface area (Å²) in [6.45, 7) is 3.51. The van der Waals surface area contributed by atoms with Crippen LogP contribution in [0.1, 0.15) is 24.2 Å². The summed E-state index contributed by atoms with van der Waals surface area (Å²) in [5.41, 5.74) is 1.90. The second-order valence-corrected chi connectivity index (χ2v) is 8.83. The maximum absolute atomic E-state index is 12.9. The lowest BCUT2D eigenvalue weighted by atomic mass is 10.1. The summed E-state index contributed by atoms with van der Waals surface area (Å²) >= 11 is 0. The molecule has 2 aromatic carbocycles. The number of aliphatic imine (C=N–C) groups is 1. The summed E-state index contributed by atoms with van der Waals surface area (Å²) in [5.74, 6) is -1.20. The van der Waals surface area contributed by atoms with E-state index in [-0.39, 0.29) is 28.5 Å². The first-order chi connectivity index (χ1) is 15.7. The molecule has 10 nitrogen and oxygen atoms in total. The summed E-state index contributed by atoms with van der Waals surface area (Å²) in [7, 11) is -1.36. The molecule has 0 unspecified atom stereocenters. The van der Waals surface area contributed by atoms with Crippen LogP contribution in [-0.4, -0.2) is 51.4 Å². The van der Waals surface area contributed by atoms with Crippen molar-refractivity contribution in [3.8, 4) is 0 Å². The molecule has 0 radical (unpaired) electrons. The fourth-order valence-electron chi connectivity index (χ4n) is 3.04. The van der Waals surface area contributed by atoms with Gasteiger partial charge in [0.25, 0.3) is 15.9 Å². The number of benzene rings is 2. The number of carbonyl (C=O) groups is 2. The maximum Gasteiger partial charge on any atom is 0.343 e. The van der Waals surface area contributed by atoms with Crippen molar-refractivity contribution in [3.63, 3.8) is 0 Å². The Hall–Kier alpha value is -3.54. The smallest absolute Gasteiger partial charge is 0.343 e. The Morgan fingerprint density at radius 2 is 1.79 bits per heavy atom. The van der Waals surface area contributed by atoms with E-state index in [1.807, 2.05) is 6.07 Å². The van der Waals surface area contributed by atoms with Crippen LogP contribution in [0.15, 0.2) is 69.7 Å². The lowest BCUT2D eigenvalue weighted by Gasteiger charge is -2.15. The molecule has 33 heavy (non-hydrogen) atoms. The van der Waals surface area contributed by atoms with Gasteiger partial charge in [0, 0.05) is 18.3 Å². The first-order valence-corrected chi connectivity index (χ1v) is 11.4. The molecule has 174 valence electrons. The molecule has 11 heteroatoms. The zero-order chi connectivity index (χ0) is 24.2. The molecule has 0 atom stereocenters. The third kappa shape index (κ3) is 5.11. The van der Waals surface area contributed by atoms with Crippen LogP contribution in [0.25, 0.3) is 0 Å². The molecule has 1 heterocycles. The van der Waals surface area contributed by atoms with Gasteiger partial charge < -0.3 is 15.4 Å². The molecular formula is C22H24N4O6S. The van der Waals surface area contributed by atoms with Crippen molar-refractivity contribution in [1.82, 2.24) is 9.79 Å². The lowest BCUT2D eigenvalue weighted by Crippen LogP contribution is -2.35. The number of esters is 1. The molecule has 1 aliphatic heterocycles. The van der Waals surface area contributed by atoms with Crippen LogP contribution < -0.4 is 10.6 Å². The van der Waals surface area contributed by atoms with Gasteiger partial charge in [-0.15, -0.1) is 0 Å². The first kappa shape index (κ1) is 24.1. The van der Waals surface area contributed by atoms with Crippen molar-refractivity contribution in [1.29, 1.82) is 0 Å². The molecular weight excluding hydrogens is 448 g/mol. The highest BCUT2D eigenvalue weighted by atomic mass is 32.2. The molecule has 0 saturated heterocycles. The van der Waals surface area contributed by atoms with Crippen LogP contribution >= 0.6 is 0 Å². The monoisotopic (exact) mass is 472 g/mol. The van der Waals surface area contributed by atoms with E-state index >= 15 is 0 Å². The number of nitrogens with zero attached hydrogens (tertiary/aromatic N) is 2. The number of nitrogens with one attached hydrogen (secondary N) is 2. The molecule has 1 aliphatic rings. The Balaban J connectivity index is 1.95. The minimum atomic E-state index is -3.85. The van der Waals surface area contributed by atoms with Crippen molar-refractivity contribution >= 4 is 39.1 Å². The van der Waals surface area contributed by atoms with E-state index in [2.05, 4.69) is 15.6 Å². The average Bonchev–Trinajstić information content (AvgIpc) is 2.93. The van der Waals surface area contributed by atoms with Gasteiger partial charge in [0.15, 0.2) is 0 Å². The Bertz CT molecular complexity index is 1240. The van der Waals surface area contributed by atoms with Crippen LogP contribution in [0.5, 0.6) is 0 Å². The van der Waals surface area contributed by atoms with Gasteiger partial charge in [-0.2, -0.15) is 0 Å². The number of anilines is 1.